The molecule has 4 rings (SSSR count). The number of amides is 1. The van der Waals surface area contributed by atoms with Gasteiger partial charge in [0.15, 0.2) is 0 Å². The van der Waals surface area contributed by atoms with E-state index in [2.05, 4.69) is 9.88 Å². The zero-order valence-corrected chi connectivity index (χ0v) is 15.2. The highest BCUT2D eigenvalue weighted by Gasteiger charge is 2.28. The Labute approximate surface area is 161 Å². The molecule has 2 heterocycles. The fourth-order valence-electron chi connectivity index (χ4n) is 3.61. The third-order valence-corrected chi connectivity index (χ3v) is 5.05. The van der Waals surface area contributed by atoms with Crippen molar-refractivity contribution in [2.75, 3.05) is 26.2 Å². The van der Waals surface area contributed by atoms with Crippen molar-refractivity contribution in [3.8, 4) is 0 Å². The van der Waals surface area contributed by atoms with Gasteiger partial charge in [0.2, 0.25) is 0 Å². The van der Waals surface area contributed by atoms with Crippen LogP contribution in [0.5, 0.6) is 0 Å². The summed E-state index contributed by atoms with van der Waals surface area (Å²) >= 11 is 0. The highest BCUT2D eigenvalue weighted by atomic mass is 19.1. The summed E-state index contributed by atoms with van der Waals surface area (Å²) in [6.45, 7) is 2.44. The fourth-order valence-corrected chi connectivity index (χ4v) is 3.61. The Bertz CT molecular complexity index is 873. The first-order valence-electron chi connectivity index (χ1n) is 9.14. The molecular weight excluding hydrogens is 362 g/mol. The molecule has 0 atom stereocenters. The van der Waals surface area contributed by atoms with Gasteiger partial charge in [0.25, 0.3) is 0 Å². The number of hydrogen-bond acceptors (Lipinski definition) is 3. The van der Waals surface area contributed by atoms with Crippen LogP contribution in [0.4, 0.5) is 13.6 Å². The molecule has 1 aliphatic rings. The second-order valence-electron chi connectivity index (χ2n) is 6.78. The molecule has 1 aromatic heterocycles. The van der Waals surface area contributed by atoms with Crippen molar-refractivity contribution in [3.63, 3.8) is 0 Å². The average molecular weight is 382 g/mol. The molecule has 0 aliphatic carbocycles. The van der Waals surface area contributed by atoms with E-state index in [4.69, 9.17) is 0 Å². The molecule has 3 aromatic rings. The Hall–Kier alpha value is -3.06. The van der Waals surface area contributed by atoms with Gasteiger partial charge in [-0.3, -0.25) is 9.47 Å². The third kappa shape index (κ3) is 3.80. The third-order valence-electron chi connectivity index (χ3n) is 5.05. The molecule has 1 amide bonds. The first kappa shape index (κ1) is 18.3. The molecule has 1 fully saturated rings. The number of benzene rings is 2. The molecule has 0 saturated carbocycles. The molecule has 7 heteroatoms. The summed E-state index contributed by atoms with van der Waals surface area (Å²) in [5.74, 6) is -0.588. The number of halogens is 2. The van der Waals surface area contributed by atoms with Gasteiger partial charge in [-0.2, -0.15) is 0 Å². The Kier molecular flexibility index (Phi) is 5.16. The Balaban J connectivity index is 1.55. The largest absolute Gasteiger partial charge is 0.329 e. The van der Waals surface area contributed by atoms with Crippen molar-refractivity contribution in [1.82, 2.24) is 19.4 Å². The summed E-state index contributed by atoms with van der Waals surface area (Å²) in [4.78, 5) is 20.4. The van der Waals surface area contributed by atoms with Crippen LogP contribution in [0.1, 0.15) is 17.2 Å². The second kappa shape index (κ2) is 7.90. The number of imidazole rings is 1. The van der Waals surface area contributed by atoms with Gasteiger partial charge in [-0.15, -0.1) is 0 Å². The zero-order valence-electron chi connectivity index (χ0n) is 15.2. The summed E-state index contributed by atoms with van der Waals surface area (Å²) in [6.07, 6.45) is 4.70. The molecular formula is C21H20F2N4O. The molecule has 0 N–H and O–H groups in total. The van der Waals surface area contributed by atoms with Gasteiger partial charge in [0, 0.05) is 38.6 Å². The van der Waals surface area contributed by atoms with E-state index in [1.54, 1.807) is 41.6 Å². The molecule has 0 bridgehead atoms. The fraction of sp³-hybridized carbons (Fsp3) is 0.238. The van der Waals surface area contributed by atoms with Gasteiger partial charge in [-0.1, -0.05) is 24.3 Å². The molecule has 0 radical (unpaired) electrons. The van der Waals surface area contributed by atoms with Gasteiger partial charge >= 0.3 is 6.03 Å². The topological polar surface area (TPSA) is 41.4 Å². The zero-order chi connectivity index (χ0) is 19.5. The van der Waals surface area contributed by atoms with Crippen molar-refractivity contribution in [3.05, 3.63) is 90.0 Å². The lowest BCUT2D eigenvalue weighted by Crippen LogP contribution is -2.50. The predicted molar refractivity (Wildman–Crippen MR) is 101 cm³/mol. The summed E-state index contributed by atoms with van der Waals surface area (Å²) in [7, 11) is 0. The van der Waals surface area contributed by atoms with E-state index in [1.165, 1.54) is 35.2 Å². The van der Waals surface area contributed by atoms with Gasteiger partial charge in [-0.05, 0) is 35.4 Å². The summed E-state index contributed by atoms with van der Waals surface area (Å²) in [6, 6.07) is 12.5. The first-order valence-corrected chi connectivity index (χ1v) is 9.14. The molecule has 1 aliphatic heterocycles. The van der Waals surface area contributed by atoms with Crippen LogP contribution in [0.3, 0.4) is 0 Å². The summed E-state index contributed by atoms with van der Waals surface area (Å²) < 4.78 is 28.3. The highest BCUT2D eigenvalue weighted by molar-refractivity contribution is 5.76. The maximum Gasteiger partial charge on any atom is 0.329 e. The van der Waals surface area contributed by atoms with E-state index < -0.39 is 0 Å². The van der Waals surface area contributed by atoms with Crippen LogP contribution in [0.2, 0.25) is 0 Å². The SMILES string of the molecule is O=C(N1CCN(C(c2ccc(F)cc2)c2ccc(F)cc2)CC1)n1ccnc1. The van der Waals surface area contributed by atoms with Crippen LogP contribution in [-0.2, 0) is 0 Å². The number of carbonyl (C=O) groups is 1. The van der Waals surface area contributed by atoms with Crippen molar-refractivity contribution in [2.45, 2.75) is 6.04 Å². The average Bonchev–Trinajstić information content (AvgIpc) is 3.26. The molecule has 0 unspecified atom stereocenters. The molecule has 1 saturated heterocycles. The molecule has 5 nitrogen and oxygen atoms in total. The van der Waals surface area contributed by atoms with E-state index in [0.717, 1.165) is 11.1 Å². The number of nitrogens with zero attached hydrogens (tertiary/aromatic N) is 4. The highest BCUT2D eigenvalue weighted by Crippen LogP contribution is 2.30. The second-order valence-corrected chi connectivity index (χ2v) is 6.78. The van der Waals surface area contributed by atoms with Crippen LogP contribution < -0.4 is 0 Å². The minimum Gasteiger partial charge on any atom is -0.321 e. The van der Waals surface area contributed by atoms with Crippen molar-refractivity contribution >= 4 is 6.03 Å². The van der Waals surface area contributed by atoms with E-state index in [1.807, 2.05) is 0 Å². The van der Waals surface area contributed by atoms with Crippen LogP contribution in [-0.4, -0.2) is 51.6 Å². The van der Waals surface area contributed by atoms with E-state index in [-0.39, 0.29) is 23.7 Å². The van der Waals surface area contributed by atoms with Gasteiger partial charge in [0.05, 0.1) is 6.04 Å². The van der Waals surface area contributed by atoms with Crippen molar-refractivity contribution < 1.29 is 13.6 Å². The number of hydrogen-bond donors (Lipinski definition) is 0. The van der Waals surface area contributed by atoms with Gasteiger partial charge in [0.1, 0.15) is 18.0 Å². The monoisotopic (exact) mass is 382 g/mol. The summed E-state index contributed by atoms with van der Waals surface area (Å²) in [5, 5.41) is 0. The predicted octanol–water partition coefficient (Wildman–Crippen LogP) is 3.54. The number of piperazine rings is 1. The first-order chi connectivity index (χ1) is 13.6. The quantitative estimate of drug-likeness (QED) is 0.696. The van der Waals surface area contributed by atoms with Crippen molar-refractivity contribution in [2.24, 2.45) is 0 Å². The Morgan fingerprint density at radius 3 is 1.86 bits per heavy atom. The Morgan fingerprint density at radius 2 is 1.39 bits per heavy atom. The maximum absolute atomic E-state index is 13.4. The lowest BCUT2D eigenvalue weighted by atomic mass is 9.96. The van der Waals surface area contributed by atoms with Crippen LogP contribution in [0, 0.1) is 11.6 Å². The van der Waals surface area contributed by atoms with Crippen LogP contribution >= 0.6 is 0 Å². The normalized spacial score (nSPS) is 15.2. The van der Waals surface area contributed by atoms with E-state index >= 15 is 0 Å². The molecule has 2 aromatic carbocycles. The van der Waals surface area contributed by atoms with Crippen molar-refractivity contribution in [1.29, 1.82) is 0 Å². The smallest absolute Gasteiger partial charge is 0.321 e. The summed E-state index contributed by atoms with van der Waals surface area (Å²) in [5.41, 5.74) is 1.87. The van der Waals surface area contributed by atoms with E-state index in [9.17, 15) is 13.6 Å². The van der Waals surface area contributed by atoms with Gasteiger partial charge in [-0.25, -0.2) is 18.6 Å². The molecule has 0 spiro atoms. The number of carbonyl (C=O) groups excluding carboxylic acids is 1. The number of rotatable bonds is 3. The minimum atomic E-state index is -0.294. The van der Waals surface area contributed by atoms with Crippen LogP contribution in [0.15, 0.2) is 67.3 Å². The van der Waals surface area contributed by atoms with Gasteiger partial charge < -0.3 is 4.90 Å². The maximum atomic E-state index is 13.4. The Morgan fingerprint density at radius 1 is 0.857 bits per heavy atom. The number of aromatic nitrogens is 2. The van der Waals surface area contributed by atoms with Crippen LogP contribution in [0.25, 0.3) is 0 Å². The lowest BCUT2D eigenvalue weighted by Gasteiger charge is -2.39. The van der Waals surface area contributed by atoms with E-state index in [0.29, 0.717) is 26.2 Å². The molecule has 144 valence electrons. The minimum absolute atomic E-state index is 0.0998. The standard InChI is InChI=1S/C21H20F2N4O/c22-18-5-1-16(2-6-18)20(17-3-7-19(23)8-4-17)25-11-13-26(14-12-25)21(28)27-10-9-24-15-27/h1-10,15,20H,11-14H2. The molecule has 28 heavy (non-hydrogen) atoms. The lowest BCUT2D eigenvalue weighted by molar-refractivity contribution is 0.121.